The van der Waals surface area contributed by atoms with Crippen LogP contribution >= 0.6 is 0 Å². The highest BCUT2D eigenvalue weighted by Crippen LogP contribution is 2.32. The molecular formula is C28H37N7O4. The molecule has 39 heavy (non-hydrogen) atoms. The first-order valence-corrected chi connectivity index (χ1v) is 14.1. The number of nitrogens with zero attached hydrogens (tertiary/aromatic N) is 7. The molecule has 11 heteroatoms. The largest absolute Gasteiger partial charge is 0.460 e. The highest BCUT2D eigenvalue weighted by molar-refractivity contribution is 5.92. The molecule has 1 aliphatic carbocycles. The molecule has 0 bridgehead atoms. The summed E-state index contributed by atoms with van der Waals surface area (Å²) in [5.74, 6) is 1.40. The second-order valence-electron chi connectivity index (χ2n) is 10.8. The van der Waals surface area contributed by atoms with Crippen LogP contribution in [0.15, 0.2) is 24.4 Å². The van der Waals surface area contributed by atoms with Crippen LogP contribution in [-0.2, 0) is 14.3 Å². The van der Waals surface area contributed by atoms with Crippen molar-refractivity contribution < 1.29 is 19.0 Å². The van der Waals surface area contributed by atoms with E-state index >= 15 is 0 Å². The standard InChI is InChI=1S/C28H37N7O4/c1-33(2)26(36)19-9-11-20(12-10-19)39-28-30-25(29-27(31-28)34-13-16-37-17-14-34)21-6-5-7-23-22(21)18-35(32-23)24-8-3-4-15-38-24/h5-7,18-20,24H,3-4,8-17H2,1-2H3. The zero-order chi connectivity index (χ0) is 26.8. The van der Waals surface area contributed by atoms with Gasteiger partial charge in [-0.25, -0.2) is 4.68 Å². The molecule has 6 rings (SSSR count). The molecule has 0 spiro atoms. The van der Waals surface area contributed by atoms with Crippen molar-refractivity contribution in [1.29, 1.82) is 0 Å². The summed E-state index contributed by atoms with van der Waals surface area (Å²) in [4.78, 5) is 30.6. The van der Waals surface area contributed by atoms with Gasteiger partial charge in [0.2, 0.25) is 11.9 Å². The Balaban J connectivity index is 1.30. The molecule has 208 valence electrons. The molecule has 1 atom stereocenters. The van der Waals surface area contributed by atoms with E-state index in [1.807, 2.05) is 43.2 Å². The maximum atomic E-state index is 12.4. The minimum Gasteiger partial charge on any atom is -0.460 e. The number of morpholine rings is 1. The van der Waals surface area contributed by atoms with Crippen molar-refractivity contribution in [2.75, 3.05) is 51.9 Å². The zero-order valence-electron chi connectivity index (χ0n) is 22.8. The van der Waals surface area contributed by atoms with Gasteiger partial charge in [-0.15, -0.1) is 0 Å². The molecular weight excluding hydrogens is 498 g/mol. The molecule has 1 amide bonds. The topological polar surface area (TPSA) is 108 Å². The van der Waals surface area contributed by atoms with Crippen molar-refractivity contribution in [3.05, 3.63) is 24.4 Å². The number of rotatable bonds is 6. The van der Waals surface area contributed by atoms with Crippen LogP contribution < -0.4 is 9.64 Å². The van der Waals surface area contributed by atoms with Gasteiger partial charge in [-0.05, 0) is 51.0 Å². The first-order chi connectivity index (χ1) is 19.0. The van der Waals surface area contributed by atoms with Gasteiger partial charge in [-0.3, -0.25) is 4.79 Å². The summed E-state index contributed by atoms with van der Waals surface area (Å²) in [5, 5.41) is 5.79. The minimum atomic E-state index is -0.0466. The highest BCUT2D eigenvalue weighted by Gasteiger charge is 2.29. The number of amides is 1. The van der Waals surface area contributed by atoms with E-state index < -0.39 is 0 Å². The Kier molecular flexibility index (Phi) is 7.60. The Morgan fingerprint density at radius 1 is 1.00 bits per heavy atom. The Bertz CT molecular complexity index is 1290. The molecule has 1 saturated carbocycles. The summed E-state index contributed by atoms with van der Waals surface area (Å²) in [6.07, 6.45) is 8.34. The Morgan fingerprint density at radius 3 is 2.56 bits per heavy atom. The monoisotopic (exact) mass is 535 g/mol. The molecule has 1 unspecified atom stereocenters. The number of hydrogen-bond donors (Lipinski definition) is 0. The highest BCUT2D eigenvalue weighted by atomic mass is 16.5. The third kappa shape index (κ3) is 5.69. The molecule has 2 aliphatic heterocycles. The van der Waals surface area contributed by atoms with Crippen LogP contribution in [0.25, 0.3) is 22.3 Å². The van der Waals surface area contributed by atoms with Crippen LogP contribution in [0.2, 0.25) is 0 Å². The van der Waals surface area contributed by atoms with E-state index in [-0.39, 0.29) is 24.2 Å². The average molecular weight is 536 g/mol. The fourth-order valence-electron chi connectivity index (χ4n) is 5.70. The van der Waals surface area contributed by atoms with Crippen LogP contribution in [0.1, 0.15) is 51.2 Å². The maximum absolute atomic E-state index is 12.4. The molecule has 3 fully saturated rings. The van der Waals surface area contributed by atoms with Crippen LogP contribution in [0.4, 0.5) is 5.95 Å². The lowest BCUT2D eigenvalue weighted by atomic mass is 9.86. The number of benzene rings is 1. The third-order valence-electron chi connectivity index (χ3n) is 7.89. The quantitative estimate of drug-likeness (QED) is 0.469. The van der Waals surface area contributed by atoms with E-state index in [1.54, 1.807) is 4.90 Å². The fourth-order valence-corrected chi connectivity index (χ4v) is 5.70. The van der Waals surface area contributed by atoms with Crippen LogP contribution in [0.3, 0.4) is 0 Å². The summed E-state index contributed by atoms with van der Waals surface area (Å²) < 4.78 is 19.8. The Morgan fingerprint density at radius 2 is 1.82 bits per heavy atom. The zero-order valence-corrected chi connectivity index (χ0v) is 22.8. The second kappa shape index (κ2) is 11.4. The predicted molar refractivity (Wildman–Crippen MR) is 145 cm³/mol. The first-order valence-electron chi connectivity index (χ1n) is 14.1. The molecule has 1 aromatic carbocycles. The number of anilines is 1. The summed E-state index contributed by atoms with van der Waals surface area (Å²) in [6, 6.07) is 6.34. The SMILES string of the molecule is CN(C)C(=O)C1CCC(Oc2nc(-c3cccc4nn(C5CCCCO5)cc34)nc(N3CCOCC3)n2)CC1. The van der Waals surface area contributed by atoms with E-state index in [9.17, 15) is 4.79 Å². The summed E-state index contributed by atoms with van der Waals surface area (Å²) in [5.41, 5.74) is 1.76. The maximum Gasteiger partial charge on any atom is 0.322 e. The Labute approximate surface area is 228 Å². The van der Waals surface area contributed by atoms with Gasteiger partial charge in [0.25, 0.3) is 0 Å². The number of ether oxygens (including phenoxy) is 3. The lowest BCUT2D eigenvalue weighted by molar-refractivity contribution is -0.134. The number of fused-ring (bicyclic) bond motifs is 1. The molecule has 3 aliphatic rings. The second-order valence-corrected chi connectivity index (χ2v) is 10.8. The van der Waals surface area contributed by atoms with Gasteiger partial charge in [-0.1, -0.05) is 12.1 Å². The molecule has 2 saturated heterocycles. The van der Waals surface area contributed by atoms with Gasteiger partial charge < -0.3 is 24.0 Å². The van der Waals surface area contributed by atoms with Gasteiger partial charge in [0.15, 0.2) is 5.82 Å². The van der Waals surface area contributed by atoms with Crippen molar-refractivity contribution in [3.8, 4) is 17.4 Å². The molecule has 0 radical (unpaired) electrons. The van der Waals surface area contributed by atoms with Crippen molar-refractivity contribution in [2.45, 2.75) is 57.3 Å². The van der Waals surface area contributed by atoms with E-state index in [0.29, 0.717) is 44.1 Å². The normalized spacial score (nSPS) is 24.1. The van der Waals surface area contributed by atoms with E-state index in [0.717, 1.165) is 68.0 Å². The molecule has 3 aromatic rings. The summed E-state index contributed by atoms with van der Waals surface area (Å²) in [6.45, 7) is 3.44. The van der Waals surface area contributed by atoms with Gasteiger partial charge >= 0.3 is 6.01 Å². The minimum absolute atomic E-state index is 0.0361. The van der Waals surface area contributed by atoms with Crippen LogP contribution in [-0.4, -0.2) is 88.6 Å². The lowest BCUT2D eigenvalue weighted by Gasteiger charge is -2.30. The fraction of sp³-hybridized carbons (Fsp3) is 0.607. The molecule has 4 heterocycles. The smallest absolute Gasteiger partial charge is 0.322 e. The van der Waals surface area contributed by atoms with Crippen molar-refractivity contribution in [2.24, 2.45) is 5.92 Å². The average Bonchev–Trinajstić information content (AvgIpc) is 3.43. The van der Waals surface area contributed by atoms with Gasteiger partial charge in [0, 0.05) is 56.9 Å². The van der Waals surface area contributed by atoms with Gasteiger partial charge in [0.1, 0.15) is 12.3 Å². The summed E-state index contributed by atoms with van der Waals surface area (Å²) in [7, 11) is 3.63. The van der Waals surface area contributed by atoms with Gasteiger partial charge in [0.05, 0.1) is 18.7 Å². The van der Waals surface area contributed by atoms with Gasteiger partial charge in [-0.2, -0.15) is 20.1 Å². The number of aromatic nitrogens is 5. The molecule has 11 nitrogen and oxygen atoms in total. The summed E-state index contributed by atoms with van der Waals surface area (Å²) >= 11 is 0. The number of carbonyl (C=O) groups is 1. The van der Waals surface area contributed by atoms with Crippen molar-refractivity contribution in [1.82, 2.24) is 29.6 Å². The van der Waals surface area contributed by atoms with Crippen LogP contribution in [0.5, 0.6) is 6.01 Å². The number of carbonyl (C=O) groups excluding carboxylic acids is 1. The van der Waals surface area contributed by atoms with Crippen molar-refractivity contribution in [3.63, 3.8) is 0 Å². The van der Waals surface area contributed by atoms with E-state index in [4.69, 9.17) is 34.3 Å². The predicted octanol–water partition coefficient (Wildman–Crippen LogP) is 3.45. The third-order valence-corrected chi connectivity index (χ3v) is 7.89. The first kappa shape index (κ1) is 25.9. The molecule has 0 N–H and O–H groups in total. The Hall–Kier alpha value is -3.31. The number of hydrogen-bond acceptors (Lipinski definition) is 9. The lowest BCUT2D eigenvalue weighted by Crippen LogP contribution is -2.37. The van der Waals surface area contributed by atoms with Crippen molar-refractivity contribution >= 4 is 22.8 Å². The van der Waals surface area contributed by atoms with E-state index in [1.165, 1.54) is 0 Å². The van der Waals surface area contributed by atoms with E-state index in [2.05, 4.69) is 4.90 Å². The van der Waals surface area contributed by atoms with Crippen LogP contribution in [0, 0.1) is 5.92 Å². The molecule has 2 aromatic heterocycles.